The summed E-state index contributed by atoms with van der Waals surface area (Å²) >= 11 is 1.46. The topological polar surface area (TPSA) is 0 Å². The van der Waals surface area contributed by atoms with Crippen molar-refractivity contribution >= 4 is 33.3 Å². The summed E-state index contributed by atoms with van der Waals surface area (Å²) in [5.74, 6) is 0.553. The summed E-state index contributed by atoms with van der Waals surface area (Å²) in [7, 11) is -1.07. The van der Waals surface area contributed by atoms with Gasteiger partial charge in [0.1, 0.15) is 0 Å². The number of allylic oxidation sites excluding steroid dienone is 4. The standard InChI is InChI=1S/C13H9.C10H17Si.C7H6.2ClH.Zr/c1-3-7-12-10(5-1)9-11-6-2-4-8-13(11)12;1-8-6-9(2)10(7-8)11(3,4)5;1-7-5-3-2-4-6-7;;;/h1-9H;7-8H,1-5H3;1-6H;2*1H;/q2*-1;;;;+2/p-2. The van der Waals surface area contributed by atoms with Gasteiger partial charge in [-0.1, -0.05) is 75.8 Å². The van der Waals surface area contributed by atoms with Gasteiger partial charge >= 0.3 is 63.8 Å². The van der Waals surface area contributed by atoms with E-state index < -0.39 is 8.07 Å². The zero-order chi connectivity index (χ0) is 23.1. The van der Waals surface area contributed by atoms with Gasteiger partial charge in [-0.25, -0.2) is 10.8 Å². The van der Waals surface area contributed by atoms with Crippen molar-refractivity contribution in [2.45, 2.75) is 33.5 Å². The molecule has 0 aliphatic heterocycles. The Morgan fingerprint density at radius 3 is 1.62 bits per heavy atom. The van der Waals surface area contributed by atoms with Crippen LogP contribution in [0.1, 0.15) is 19.4 Å². The van der Waals surface area contributed by atoms with Crippen molar-refractivity contribution in [2.75, 3.05) is 0 Å². The third-order valence-electron chi connectivity index (χ3n) is 5.56. The Morgan fingerprint density at radius 2 is 1.26 bits per heavy atom. The molecule has 0 radical (unpaired) electrons. The molecule has 0 aromatic heterocycles. The van der Waals surface area contributed by atoms with Gasteiger partial charge in [0, 0.05) is 0 Å². The van der Waals surface area contributed by atoms with Gasteiger partial charge in [-0.15, -0.1) is 39.7 Å². The predicted octanol–water partition coefficient (Wildman–Crippen LogP) is 2.29. The first-order valence-electron chi connectivity index (χ1n) is 11.2. The molecule has 4 aromatic carbocycles. The van der Waals surface area contributed by atoms with E-state index in [1.165, 1.54) is 56.9 Å². The number of hydrogen-bond acceptors (Lipinski definition) is 0. The molecule has 4 heteroatoms. The molecule has 1 unspecified atom stereocenters. The molecule has 1 aliphatic rings. The van der Waals surface area contributed by atoms with Crippen LogP contribution in [0.4, 0.5) is 0 Å². The molecule has 1 aliphatic carbocycles. The van der Waals surface area contributed by atoms with E-state index in [0.29, 0.717) is 5.92 Å². The zero-order valence-electron chi connectivity index (χ0n) is 20.6. The normalized spacial score (nSPS) is 14.4. The first-order valence-corrected chi connectivity index (χ1v) is 16.1. The summed E-state index contributed by atoms with van der Waals surface area (Å²) in [4.78, 5) is 0. The van der Waals surface area contributed by atoms with Crippen LogP contribution < -0.4 is 24.8 Å². The van der Waals surface area contributed by atoms with Crippen LogP contribution in [0.3, 0.4) is 0 Å². The monoisotopic (exact) mass is 580 g/mol. The quantitative estimate of drug-likeness (QED) is 0.252. The second-order valence-electron chi connectivity index (χ2n) is 9.26. The third-order valence-corrected chi connectivity index (χ3v) is 8.54. The van der Waals surface area contributed by atoms with Gasteiger partial charge in [0.25, 0.3) is 0 Å². The van der Waals surface area contributed by atoms with Crippen molar-refractivity contribution in [3.05, 3.63) is 113 Å². The van der Waals surface area contributed by atoms with E-state index in [2.05, 4.69) is 128 Å². The molecule has 4 aromatic rings. The summed E-state index contributed by atoms with van der Waals surface area (Å²) in [6.45, 7) is 11.6. The zero-order valence-corrected chi connectivity index (χ0v) is 25.5. The van der Waals surface area contributed by atoms with E-state index in [-0.39, 0.29) is 24.8 Å². The minimum Gasteiger partial charge on any atom is -0.126 e. The Morgan fingerprint density at radius 1 is 0.794 bits per heavy atom. The SMILES string of the molecule is CC1=[C-]C(C)C=C1[Si](C)(C)C.[Cl-].[Cl-].[Zr+2]=[CH]c1ccccc1.c1ccc2c(c1)[cH-]c1ccccc12. The van der Waals surface area contributed by atoms with Crippen LogP contribution >= 0.6 is 0 Å². The van der Waals surface area contributed by atoms with Crippen molar-refractivity contribution in [1.29, 1.82) is 0 Å². The van der Waals surface area contributed by atoms with Crippen LogP contribution in [-0.2, 0) is 24.2 Å². The minimum atomic E-state index is -1.07. The smallest absolute Gasteiger partial charge is 0.0771 e. The van der Waals surface area contributed by atoms with E-state index in [4.69, 9.17) is 0 Å². The summed E-state index contributed by atoms with van der Waals surface area (Å²) in [5.41, 5.74) is 2.72. The van der Waals surface area contributed by atoms with Gasteiger partial charge < -0.3 is 24.8 Å². The largest absolute Gasteiger partial charge is 0.126 e. The maximum atomic E-state index is 3.43. The summed E-state index contributed by atoms with van der Waals surface area (Å²) in [6, 6.07) is 29.6. The van der Waals surface area contributed by atoms with Crippen molar-refractivity contribution in [3.8, 4) is 0 Å². The summed E-state index contributed by atoms with van der Waals surface area (Å²) in [5, 5.41) is 6.99. The molecule has 176 valence electrons. The fourth-order valence-electron chi connectivity index (χ4n) is 4.10. The van der Waals surface area contributed by atoms with Crippen LogP contribution in [-0.4, -0.2) is 11.8 Å². The Hall–Kier alpha value is -1.44. The molecule has 0 saturated heterocycles. The third kappa shape index (κ3) is 8.35. The van der Waals surface area contributed by atoms with Crippen LogP contribution in [0.5, 0.6) is 0 Å². The number of halogens is 2. The maximum absolute atomic E-state index is 3.43. The van der Waals surface area contributed by atoms with Gasteiger partial charge in [-0.05, 0) is 8.07 Å². The Balaban J connectivity index is 0.000000255. The number of hydrogen-bond donors (Lipinski definition) is 0. The van der Waals surface area contributed by atoms with Gasteiger partial charge in [0.05, 0.1) is 0 Å². The van der Waals surface area contributed by atoms with Crippen LogP contribution in [0.2, 0.25) is 19.6 Å². The Labute approximate surface area is 233 Å². The average molecular weight is 583 g/mol. The number of benzene rings is 3. The second kappa shape index (κ2) is 14.2. The minimum absolute atomic E-state index is 0. The molecule has 5 rings (SSSR count). The van der Waals surface area contributed by atoms with E-state index in [9.17, 15) is 0 Å². The fraction of sp³-hybridized carbons (Fsp3) is 0.200. The van der Waals surface area contributed by atoms with Crippen molar-refractivity contribution in [1.82, 2.24) is 0 Å². The van der Waals surface area contributed by atoms with Crippen LogP contribution in [0.15, 0.2) is 102 Å². The fourth-order valence-corrected chi connectivity index (χ4v) is 6.52. The van der Waals surface area contributed by atoms with Crippen molar-refractivity contribution < 1.29 is 49.0 Å². The van der Waals surface area contributed by atoms with Crippen LogP contribution in [0, 0.1) is 12.0 Å². The molecular formula is C30H32Cl2SiZr-2. The number of fused-ring (bicyclic) bond motifs is 3. The van der Waals surface area contributed by atoms with Crippen LogP contribution in [0.25, 0.3) is 21.5 Å². The number of rotatable bonds is 2. The Bertz CT molecular complexity index is 1200. The maximum Gasteiger partial charge on any atom is -0.0771 e. The molecule has 0 spiro atoms. The molecule has 1 atom stereocenters. The molecular weight excluding hydrogens is 551 g/mol. The summed E-state index contributed by atoms with van der Waals surface area (Å²) < 4.78 is 2.17. The molecule has 0 amide bonds. The molecule has 0 saturated carbocycles. The van der Waals surface area contributed by atoms with Crippen molar-refractivity contribution in [3.63, 3.8) is 0 Å². The first kappa shape index (κ1) is 30.6. The van der Waals surface area contributed by atoms with E-state index in [1.54, 1.807) is 5.20 Å². The summed E-state index contributed by atoms with van der Waals surface area (Å²) in [6.07, 6.45) is 5.81. The molecule has 0 nitrogen and oxygen atoms in total. The van der Waals surface area contributed by atoms with Gasteiger partial charge in [-0.3, -0.25) is 6.08 Å². The predicted molar refractivity (Wildman–Crippen MR) is 142 cm³/mol. The average Bonchev–Trinajstić information content (AvgIpc) is 3.34. The molecule has 0 bridgehead atoms. The first-order chi connectivity index (χ1) is 15.3. The van der Waals surface area contributed by atoms with Crippen molar-refractivity contribution in [2.24, 2.45) is 5.92 Å². The van der Waals surface area contributed by atoms with Gasteiger partial charge in [-0.2, -0.15) is 6.08 Å². The Kier molecular flexibility index (Phi) is 12.8. The molecule has 0 N–H and O–H groups in total. The molecule has 0 heterocycles. The second-order valence-corrected chi connectivity index (χ2v) is 15.0. The van der Waals surface area contributed by atoms with E-state index in [0.717, 1.165) is 0 Å². The van der Waals surface area contributed by atoms with Gasteiger partial charge in [0.15, 0.2) is 0 Å². The van der Waals surface area contributed by atoms with Gasteiger partial charge in [0.2, 0.25) is 0 Å². The molecule has 34 heavy (non-hydrogen) atoms. The van der Waals surface area contributed by atoms with E-state index >= 15 is 0 Å². The molecule has 0 fully saturated rings. The van der Waals surface area contributed by atoms with E-state index in [1.807, 2.05) is 6.07 Å².